The molecule has 6 heteroatoms. The lowest BCUT2D eigenvalue weighted by atomic mass is 10.3. The largest absolute Gasteiger partial charge is 0.225 e. The highest BCUT2D eigenvalue weighted by atomic mass is 32.2. The van der Waals surface area contributed by atoms with Gasteiger partial charge in [0.05, 0.1) is 6.07 Å². The van der Waals surface area contributed by atoms with Crippen LogP contribution in [0.2, 0.25) is 0 Å². The average Bonchev–Trinajstić information content (AvgIpc) is 2.51. The fourth-order valence-corrected chi connectivity index (χ4v) is 3.41. The van der Waals surface area contributed by atoms with Gasteiger partial charge < -0.3 is 0 Å². The van der Waals surface area contributed by atoms with Crippen LogP contribution in [0.25, 0.3) is 0 Å². The minimum absolute atomic E-state index is 0.0331. The van der Waals surface area contributed by atoms with Gasteiger partial charge in [0.15, 0.2) is 5.75 Å². The average molecular weight is 234 g/mol. The highest BCUT2D eigenvalue weighted by Gasteiger charge is 2.27. The van der Waals surface area contributed by atoms with E-state index < -0.39 is 15.8 Å². The number of nitrogens with one attached hydrogen (secondary N) is 1. The smallest absolute Gasteiger partial charge is 0.211 e. The second-order valence-electron chi connectivity index (χ2n) is 3.40. The molecule has 1 fully saturated rings. The van der Waals surface area contributed by atoms with E-state index in [9.17, 15) is 8.42 Å². The first-order chi connectivity index (χ1) is 6.57. The van der Waals surface area contributed by atoms with Gasteiger partial charge in [-0.2, -0.15) is 17.0 Å². The van der Waals surface area contributed by atoms with Crippen LogP contribution < -0.4 is 4.72 Å². The van der Waals surface area contributed by atoms with Crippen LogP contribution in [0.3, 0.4) is 0 Å². The van der Waals surface area contributed by atoms with E-state index in [2.05, 4.69) is 4.72 Å². The third-order valence-electron chi connectivity index (χ3n) is 2.32. The monoisotopic (exact) mass is 234 g/mol. The third kappa shape index (κ3) is 3.48. The van der Waals surface area contributed by atoms with Gasteiger partial charge in [-0.3, -0.25) is 0 Å². The zero-order valence-electron chi connectivity index (χ0n) is 8.06. The van der Waals surface area contributed by atoms with Crippen LogP contribution in [-0.4, -0.2) is 31.7 Å². The van der Waals surface area contributed by atoms with Crippen LogP contribution >= 0.6 is 11.8 Å². The van der Waals surface area contributed by atoms with E-state index >= 15 is 0 Å². The third-order valence-corrected chi connectivity index (χ3v) is 4.62. The first kappa shape index (κ1) is 11.8. The fourth-order valence-electron chi connectivity index (χ4n) is 1.64. The van der Waals surface area contributed by atoms with Gasteiger partial charge in [0, 0.05) is 11.3 Å². The second kappa shape index (κ2) is 5.01. The van der Waals surface area contributed by atoms with Gasteiger partial charge in [-0.1, -0.05) is 0 Å². The number of sulfonamides is 1. The van der Waals surface area contributed by atoms with Crippen molar-refractivity contribution in [2.24, 2.45) is 0 Å². The molecule has 0 saturated heterocycles. The van der Waals surface area contributed by atoms with Crippen LogP contribution in [0.15, 0.2) is 0 Å². The Labute approximate surface area is 89.1 Å². The summed E-state index contributed by atoms with van der Waals surface area (Å²) in [6, 6.07) is 1.68. The molecule has 14 heavy (non-hydrogen) atoms. The highest BCUT2D eigenvalue weighted by molar-refractivity contribution is 7.99. The van der Waals surface area contributed by atoms with Crippen molar-refractivity contribution < 1.29 is 8.42 Å². The van der Waals surface area contributed by atoms with Gasteiger partial charge in [-0.05, 0) is 25.5 Å². The van der Waals surface area contributed by atoms with Crippen LogP contribution in [0.4, 0.5) is 0 Å². The van der Waals surface area contributed by atoms with Crippen LogP contribution in [0.1, 0.15) is 19.3 Å². The number of hydrogen-bond acceptors (Lipinski definition) is 4. The van der Waals surface area contributed by atoms with Gasteiger partial charge in [-0.15, -0.1) is 0 Å². The minimum atomic E-state index is -3.37. The normalized spacial score (nSPS) is 27.4. The summed E-state index contributed by atoms with van der Waals surface area (Å²) in [5.74, 6) is -0.437. The molecule has 1 rings (SSSR count). The first-order valence-corrected chi connectivity index (χ1v) is 7.41. The van der Waals surface area contributed by atoms with Crippen molar-refractivity contribution in [2.75, 3.05) is 12.0 Å². The summed E-state index contributed by atoms with van der Waals surface area (Å²) >= 11 is 1.78. The zero-order valence-corrected chi connectivity index (χ0v) is 9.70. The molecule has 1 aliphatic rings. The predicted molar refractivity (Wildman–Crippen MR) is 57.5 cm³/mol. The lowest BCUT2D eigenvalue weighted by molar-refractivity contribution is 0.556. The summed E-state index contributed by atoms with van der Waals surface area (Å²) in [6.07, 6.45) is 4.86. The Hall–Kier alpha value is -0.250. The van der Waals surface area contributed by atoms with E-state index in [1.165, 1.54) is 0 Å². The Kier molecular flexibility index (Phi) is 4.23. The number of thioether (sulfide) groups is 1. The number of hydrogen-bond donors (Lipinski definition) is 1. The van der Waals surface area contributed by atoms with Gasteiger partial charge in [0.2, 0.25) is 10.0 Å². The van der Waals surface area contributed by atoms with Crippen molar-refractivity contribution in [1.82, 2.24) is 4.72 Å². The van der Waals surface area contributed by atoms with Crippen LogP contribution in [0.5, 0.6) is 0 Å². The molecule has 0 aromatic rings. The van der Waals surface area contributed by atoms with Crippen LogP contribution in [-0.2, 0) is 10.0 Å². The predicted octanol–water partition coefficient (Wildman–Crippen LogP) is 0.713. The molecular weight excluding hydrogens is 220 g/mol. The fraction of sp³-hybridized carbons (Fsp3) is 0.875. The van der Waals surface area contributed by atoms with Gasteiger partial charge in [-0.25, -0.2) is 13.1 Å². The van der Waals surface area contributed by atoms with E-state index in [-0.39, 0.29) is 6.04 Å². The molecule has 1 N–H and O–H groups in total. The molecule has 1 saturated carbocycles. The van der Waals surface area contributed by atoms with Gasteiger partial charge in [0.25, 0.3) is 0 Å². The molecule has 4 nitrogen and oxygen atoms in total. The topological polar surface area (TPSA) is 70.0 Å². The molecule has 0 amide bonds. The summed E-state index contributed by atoms with van der Waals surface area (Å²) in [6.45, 7) is 0. The molecule has 0 spiro atoms. The Morgan fingerprint density at radius 3 is 2.79 bits per heavy atom. The first-order valence-electron chi connectivity index (χ1n) is 4.47. The maximum absolute atomic E-state index is 11.2. The molecule has 0 aliphatic heterocycles. The summed E-state index contributed by atoms with van der Waals surface area (Å²) in [4.78, 5) is 0. The minimum Gasteiger partial charge on any atom is -0.211 e. The molecule has 0 heterocycles. The molecular formula is C8H14N2O2S2. The number of nitrogens with zero attached hydrogens (tertiary/aromatic N) is 1. The lowest BCUT2D eigenvalue weighted by Gasteiger charge is -2.10. The molecule has 2 unspecified atom stereocenters. The summed E-state index contributed by atoms with van der Waals surface area (Å²) < 4.78 is 25.0. The van der Waals surface area contributed by atoms with E-state index in [0.717, 1.165) is 19.3 Å². The maximum Gasteiger partial charge on any atom is 0.225 e. The van der Waals surface area contributed by atoms with Crippen molar-refractivity contribution in [3.63, 3.8) is 0 Å². The highest BCUT2D eigenvalue weighted by Crippen LogP contribution is 2.28. The Morgan fingerprint density at radius 2 is 2.29 bits per heavy atom. The summed E-state index contributed by atoms with van der Waals surface area (Å²) in [5, 5.41) is 8.86. The van der Waals surface area contributed by atoms with Crippen molar-refractivity contribution >= 4 is 21.8 Å². The Morgan fingerprint density at radius 1 is 1.57 bits per heavy atom. The zero-order chi connectivity index (χ0) is 10.6. The van der Waals surface area contributed by atoms with Crippen molar-refractivity contribution in [1.29, 1.82) is 5.26 Å². The van der Waals surface area contributed by atoms with Crippen LogP contribution in [0, 0.1) is 11.3 Å². The summed E-state index contributed by atoms with van der Waals surface area (Å²) in [5.41, 5.74) is 0. The van der Waals surface area contributed by atoms with Gasteiger partial charge >= 0.3 is 0 Å². The Balaban J connectivity index is 2.44. The van der Waals surface area contributed by atoms with E-state index in [4.69, 9.17) is 5.26 Å². The second-order valence-corrected chi connectivity index (χ2v) is 6.29. The van der Waals surface area contributed by atoms with Gasteiger partial charge in [0.1, 0.15) is 0 Å². The molecule has 2 atom stereocenters. The molecule has 0 bridgehead atoms. The number of nitriles is 1. The van der Waals surface area contributed by atoms with Crippen molar-refractivity contribution in [3.8, 4) is 6.07 Å². The lowest BCUT2D eigenvalue weighted by Crippen LogP contribution is -2.34. The van der Waals surface area contributed by atoms with E-state index in [0.29, 0.717) is 5.25 Å². The van der Waals surface area contributed by atoms with E-state index in [1.54, 1.807) is 17.8 Å². The van der Waals surface area contributed by atoms with Crippen molar-refractivity contribution in [2.45, 2.75) is 30.6 Å². The van der Waals surface area contributed by atoms with E-state index in [1.807, 2.05) is 6.26 Å². The molecule has 0 aromatic carbocycles. The van der Waals surface area contributed by atoms with Crippen molar-refractivity contribution in [3.05, 3.63) is 0 Å². The summed E-state index contributed by atoms with van der Waals surface area (Å²) in [7, 11) is -3.37. The maximum atomic E-state index is 11.2. The molecule has 0 radical (unpaired) electrons. The molecule has 0 aromatic heterocycles. The molecule has 80 valence electrons. The molecule has 1 aliphatic carbocycles. The SMILES string of the molecule is CSC1CCC(NS(=O)(=O)CC#N)C1. The quantitative estimate of drug-likeness (QED) is 0.778. The number of rotatable bonds is 4. The Bertz CT molecular complexity index is 321. The standard InChI is InChI=1S/C8H14N2O2S2/c1-13-8-3-2-7(6-8)10-14(11,12)5-4-9/h7-8,10H,2-3,5-6H2,1H3.